The van der Waals surface area contributed by atoms with Gasteiger partial charge >= 0.3 is 18.9 Å². The standard InChI is InChI=1S/C24H34N2P.Li/c1-15(2)19-11-9-12-20(16(3)4)23(19)25-27-26-24-21(17(5)6)13-10-14-22(24)18(7)8;/h9-18H,1-8H3;/q-1;+1. The molecule has 2 rings (SSSR count). The van der Waals surface area contributed by atoms with Crippen molar-refractivity contribution in [2.24, 2.45) is 4.74 Å². The number of hydrogen-bond donors (Lipinski definition) is 0. The summed E-state index contributed by atoms with van der Waals surface area (Å²) in [5.74, 6) is 1.80. The fraction of sp³-hybridized carbons (Fsp3) is 0.500. The summed E-state index contributed by atoms with van der Waals surface area (Å²) in [6.45, 7) is 17.9. The maximum Gasteiger partial charge on any atom is 1.00 e. The summed E-state index contributed by atoms with van der Waals surface area (Å²) in [7, 11) is 0.765. The van der Waals surface area contributed by atoms with Gasteiger partial charge in [0.25, 0.3) is 0 Å². The normalized spacial score (nSPS) is 11.7. The molecule has 28 heavy (non-hydrogen) atoms. The molecule has 0 saturated carbocycles. The van der Waals surface area contributed by atoms with Crippen LogP contribution >= 0.6 is 8.52 Å². The molecule has 0 aromatic heterocycles. The van der Waals surface area contributed by atoms with Crippen LogP contribution in [0.3, 0.4) is 0 Å². The van der Waals surface area contributed by atoms with E-state index in [0.717, 1.165) is 19.9 Å². The van der Waals surface area contributed by atoms with E-state index >= 15 is 0 Å². The van der Waals surface area contributed by atoms with Gasteiger partial charge in [-0.15, -0.1) is 5.69 Å². The van der Waals surface area contributed by atoms with Crippen molar-refractivity contribution in [3.05, 3.63) is 63.7 Å². The summed E-state index contributed by atoms with van der Waals surface area (Å²) >= 11 is 0. The quantitative estimate of drug-likeness (QED) is 0.379. The minimum absolute atomic E-state index is 0. The molecule has 2 aromatic carbocycles. The molecule has 0 radical (unpaired) electrons. The molecule has 0 atom stereocenters. The third-order valence-corrected chi connectivity index (χ3v) is 5.55. The van der Waals surface area contributed by atoms with Gasteiger partial charge in [-0.2, -0.15) is 0 Å². The Kier molecular flexibility index (Phi) is 10.00. The first-order valence-corrected chi connectivity index (χ1v) is 10.9. The minimum Gasteiger partial charge on any atom is -0.620 e. The van der Waals surface area contributed by atoms with Crippen molar-refractivity contribution in [1.29, 1.82) is 0 Å². The number of rotatable bonds is 7. The van der Waals surface area contributed by atoms with Crippen LogP contribution < -0.4 is 18.9 Å². The molecule has 0 amide bonds. The Hall–Kier alpha value is -1.06. The summed E-state index contributed by atoms with van der Waals surface area (Å²) in [5, 5.41) is 4.95. The van der Waals surface area contributed by atoms with Crippen LogP contribution in [0.15, 0.2) is 41.1 Å². The van der Waals surface area contributed by atoms with Crippen molar-refractivity contribution in [2.45, 2.75) is 79.1 Å². The zero-order valence-corrected chi connectivity index (χ0v) is 20.0. The van der Waals surface area contributed by atoms with E-state index in [9.17, 15) is 0 Å². The van der Waals surface area contributed by atoms with E-state index in [1.54, 1.807) is 0 Å². The Labute approximate surface area is 186 Å². The van der Waals surface area contributed by atoms with Gasteiger partial charge in [0, 0.05) is 0 Å². The van der Waals surface area contributed by atoms with Crippen LogP contribution in [0.5, 0.6) is 0 Å². The summed E-state index contributed by atoms with van der Waals surface area (Å²) in [6.07, 6.45) is 0. The first-order chi connectivity index (χ1) is 12.7. The SMILES string of the molecule is CC(C)c1cccc(C(C)C)c1N=P[N-]c1c(C(C)C)cccc1C(C)C.[Li+]. The van der Waals surface area contributed by atoms with E-state index in [1.165, 1.54) is 22.3 Å². The van der Waals surface area contributed by atoms with Crippen LogP contribution in [0.4, 0.5) is 11.4 Å². The zero-order chi connectivity index (χ0) is 20.1. The topological polar surface area (TPSA) is 26.5 Å². The second-order valence-electron chi connectivity index (χ2n) is 8.48. The molecular weight excluding hydrogens is 354 g/mol. The molecule has 146 valence electrons. The maximum absolute atomic E-state index is 4.95. The van der Waals surface area contributed by atoms with Gasteiger partial charge < -0.3 is 5.09 Å². The van der Waals surface area contributed by atoms with E-state index in [4.69, 9.17) is 9.83 Å². The molecule has 2 aromatic rings. The Balaban J connectivity index is 0.00000392. The van der Waals surface area contributed by atoms with E-state index in [2.05, 4.69) is 91.8 Å². The second kappa shape index (κ2) is 11.2. The van der Waals surface area contributed by atoms with Crippen molar-refractivity contribution < 1.29 is 18.9 Å². The van der Waals surface area contributed by atoms with E-state index in [0.29, 0.717) is 23.7 Å². The smallest absolute Gasteiger partial charge is 0.620 e. The Morgan fingerprint density at radius 1 is 0.643 bits per heavy atom. The van der Waals surface area contributed by atoms with Crippen molar-refractivity contribution in [3.63, 3.8) is 0 Å². The predicted molar refractivity (Wildman–Crippen MR) is 121 cm³/mol. The van der Waals surface area contributed by atoms with Crippen LogP contribution in [-0.4, -0.2) is 0 Å². The minimum atomic E-state index is 0. The summed E-state index contributed by atoms with van der Waals surface area (Å²) in [4.78, 5) is 0. The molecule has 0 bridgehead atoms. The summed E-state index contributed by atoms with van der Waals surface area (Å²) < 4.78 is 4.95. The largest absolute Gasteiger partial charge is 1.00 e. The van der Waals surface area contributed by atoms with Gasteiger partial charge in [-0.1, -0.05) is 111 Å². The molecular formula is C24H34LiN2P. The van der Waals surface area contributed by atoms with Crippen LogP contribution in [0.25, 0.3) is 5.09 Å². The molecule has 0 aliphatic carbocycles. The van der Waals surface area contributed by atoms with Crippen molar-refractivity contribution >= 4 is 19.9 Å². The van der Waals surface area contributed by atoms with Gasteiger partial charge in [0.1, 0.15) is 0 Å². The molecule has 0 fully saturated rings. The van der Waals surface area contributed by atoms with Crippen LogP contribution in [0, 0.1) is 0 Å². The average Bonchev–Trinajstić information content (AvgIpc) is 2.61. The van der Waals surface area contributed by atoms with Gasteiger partial charge in [0.15, 0.2) is 0 Å². The molecule has 0 unspecified atom stereocenters. The fourth-order valence-corrected chi connectivity index (χ4v) is 4.05. The van der Waals surface area contributed by atoms with Crippen LogP contribution in [-0.2, 0) is 0 Å². The maximum atomic E-state index is 4.95. The van der Waals surface area contributed by atoms with Crippen LogP contribution in [0.1, 0.15) is 101 Å². The van der Waals surface area contributed by atoms with Crippen molar-refractivity contribution in [1.82, 2.24) is 0 Å². The van der Waals surface area contributed by atoms with Gasteiger partial charge in [-0.25, -0.2) is 0 Å². The zero-order valence-electron chi connectivity index (χ0n) is 19.1. The average molecular weight is 388 g/mol. The fourth-order valence-electron chi connectivity index (χ4n) is 3.37. The van der Waals surface area contributed by atoms with Crippen molar-refractivity contribution in [2.75, 3.05) is 0 Å². The molecule has 0 aliphatic rings. The molecule has 0 saturated heterocycles. The third kappa shape index (κ3) is 5.97. The van der Waals surface area contributed by atoms with E-state index in [1.807, 2.05) is 0 Å². The van der Waals surface area contributed by atoms with Crippen molar-refractivity contribution in [3.8, 4) is 0 Å². The van der Waals surface area contributed by atoms with Gasteiger partial charge in [0.05, 0.1) is 5.69 Å². The predicted octanol–water partition coefficient (Wildman–Crippen LogP) is 6.57. The van der Waals surface area contributed by atoms with E-state index in [-0.39, 0.29) is 18.9 Å². The monoisotopic (exact) mass is 388 g/mol. The Bertz CT molecular complexity index is 743. The second-order valence-corrected chi connectivity index (χ2v) is 9.06. The molecule has 0 N–H and O–H groups in total. The number of benzene rings is 2. The molecule has 4 heteroatoms. The first-order valence-electron chi connectivity index (χ1n) is 10.1. The first kappa shape index (κ1) is 25.0. The number of nitrogens with zero attached hydrogens (tertiary/aromatic N) is 2. The van der Waals surface area contributed by atoms with Gasteiger partial charge in [0.2, 0.25) is 0 Å². The van der Waals surface area contributed by atoms with Gasteiger partial charge in [-0.05, 0) is 34.8 Å². The van der Waals surface area contributed by atoms with E-state index < -0.39 is 0 Å². The number of hydrogen-bond acceptors (Lipinski definition) is 1. The molecule has 0 heterocycles. The Morgan fingerprint density at radius 3 is 1.36 bits per heavy atom. The molecule has 2 nitrogen and oxygen atoms in total. The van der Waals surface area contributed by atoms with Gasteiger partial charge in [-0.3, -0.25) is 4.74 Å². The summed E-state index contributed by atoms with van der Waals surface area (Å²) in [6, 6.07) is 13.1. The Morgan fingerprint density at radius 2 is 1.00 bits per heavy atom. The third-order valence-electron chi connectivity index (χ3n) is 4.97. The van der Waals surface area contributed by atoms with Crippen LogP contribution in [0.2, 0.25) is 0 Å². The molecule has 0 spiro atoms. The summed E-state index contributed by atoms with van der Waals surface area (Å²) in [5.41, 5.74) is 7.49. The molecule has 0 aliphatic heterocycles.